The second-order valence-corrected chi connectivity index (χ2v) is 7.52. The topological polar surface area (TPSA) is 54.7 Å². The highest BCUT2D eigenvalue weighted by atomic mass is 16.5. The van der Waals surface area contributed by atoms with Crippen molar-refractivity contribution in [3.8, 4) is 39.9 Å². The van der Waals surface area contributed by atoms with Crippen molar-refractivity contribution in [3.05, 3.63) is 72.8 Å². The van der Waals surface area contributed by atoms with Crippen LogP contribution in [0.15, 0.2) is 72.8 Å². The standard InChI is InChI=1S/C27H24N2O4/c1-30-18-11-9-17(10-12-18)29-26-19-15-16-24(32-3)27(33-4)20(19)13-14-22(26)25(28-29)21-7-5-6-8-23(21)31-2/h5-16H,1-4H3. The van der Waals surface area contributed by atoms with Crippen LogP contribution in [0.3, 0.4) is 0 Å². The highest BCUT2D eigenvalue weighted by molar-refractivity contribution is 6.13. The third-order valence-corrected chi connectivity index (χ3v) is 5.86. The predicted molar refractivity (Wildman–Crippen MR) is 130 cm³/mol. The summed E-state index contributed by atoms with van der Waals surface area (Å²) in [5.74, 6) is 2.94. The van der Waals surface area contributed by atoms with Crippen molar-refractivity contribution in [2.24, 2.45) is 0 Å². The molecule has 1 aromatic heterocycles. The Hall–Kier alpha value is -4.19. The summed E-state index contributed by atoms with van der Waals surface area (Å²) >= 11 is 0. The van der Waals surface area contributed by atoms with E-state index in [0.717, 1.165) is 50.1 Å². The van der Waals surface area contributed by atoms with Crippen LogP contribution in [0.5, 0.6) is 23.0 Å². The van der Waals surface area contributed by atoms with E-state index in [2.05, 4.69) is 12.1 Å². The predicted octanol–water partition coefficient (Wildman–Crippen LogP) is 5.88. The number of hydrogen-bond acceptors (Lipinski definition) is 5. The molecule has 0 fully saturated rings. The van der Waals surface area contributed by atoms with Crippen molar-refractivity contribution < 1.29 is 18.9 Å². The zero-order valence-electron chi connectivity index (χ0n) is 19.0. The van der Waals surface area contributed by atoms with Crippen LogP contribution in [-0.2, 0) is 0 Å². The van der Waals surface area contributed by atoms with Crippen LogP contribution >= 0.6 is 0 Å². The second kappa shape index (κ2) is 8.39. The highest BCUT2D eigenvalue weighted by Gasteiger charge is 2.20. The fraction of sp³-hybridized carbons (Fsp3) is 0.148. The molecular formula is C27H24N2O4. The van der Waals surface area contributed by atoms with Gasteiger partial charge >= 0.3 is 0 Å². The number of ether oxygens (including phenoxy) is 4. The summed E-state index contributed by atoms with van der Waals surface area (Å²) in [7, 11) is 6.63. The van der Waals surface area contributed by atoms with E-state index in [-0.39, 0.29) is 0 Å². The molecule has 0 N–H and O–H groups in total. The van der Waals surface area contributed by atoms with Gasteiger partial charge in [0.05, 0.1) is 39.6 Å². The zero-order chi connectivity index (χ0) is 22.9. The van der Waals surface area contributed by atoms with Crippen molar-refractivity contribution in [2.45, 2.75) is 0 Å². The fourth-order valence-electron chi connectivity index (χ4n) is 4.29. The number of hydrogen-bond donors (Lipinski definition) is 0. The van der Waals surface area contributed by atoms with Gasteiger partial charge in [-0.1, -0.05) is 12.1 Å². The van der Waals surface area contributed by atoms with E-state index in [1.165, 1.54) is 0 Å². The minimum atomic E-state index is 0.685. The van der Waals surface area contributed by atoms with Crippen LogP contribution in [0.1, 0.15) is 0 Å². The number of aromatic nitrogens is 2. The molecule has 0 aliphatic heterocycles. The molecule has 5 aromatic rings. The van der Waals surface area contributed by atoms with Gasteiger partial charge in [-0.3, -0.25) is 0 Å². The van der Waals surface area contributed by atoms with Crippen LogP contribution in [0.2, 0.25) is 0 Å². The third-order valence-electron chi connectivity index (χ3n) is 5.86. The first-order valence-corrected chi connectivity index (χ1v) is 10.5. The summed E-state index contributed by atoms with van der Waals surface area (Å²) in [6.07, 6.45) is 0. The van der Waals surface area contributed by atoms with Crippen LogP contribution in [0.25, 0.3) is 38.6 Å². The van der Waals surface area contributed by atoms with Gasteiger partial charge in [0, 0.05) is 21.7 Å². The van der Waals surface area contributed by atoms with E-state index >= 15 is 0 Å². The molecule has 166 valence electrons. The molecule has 6 heteroatoms. The third kappa shape index (κ3) is 3.31. The van der Waals surface area contributed by atoms with Crippen LogP contribution in [0, 0.1) is 0 Å². The summed E-state index contributed by atoms with van der Waals surface area (Å²) in [4.78, 5) is 0. The lowest BCUT2D eigenvalue weighted by molar-refractivity contribution is 0.358. The van der Waals surface area contributed by atoms with Crippen molar-refractivity contribution in [1.82, 2.24) is 9.78 Å². The first-order chi connectivity index (χ1) is 16.2. The van der Waals surface area contributed by atoms with Gasteiger partial charge in [0.25, 0.3) is 0 Å². The zero-order valence-corrected chi connectivity index (χ0v) is 19.0. The van der Waals surface area contributed by atoms with Gasteiger partial charge in [-0.05, 0) is 60.7 Å². The Morgan fingerprint density at radius 3 is 2.00 bits per heavy atom. The second-order valence-electron chi connectivity index (χ2n) is 7.52. The Bertz CT molecular complexity index is 1460. The lowest BCUT2D eigenvalue weighted by atomic mass is 10.0. The van der Waals surface area contributed by atoms with Gasteiger partial charge in [0.15, 0.2) is 11.5 Å². The number of nitrogens with zero attached hydrogens (tertiary/aromatic N) is 2. The first kappa shape index (κ1) is 20.7. The molecule has 4 aromatic carbocycles. The smallest absolute Gasteiger partial charge is 0.168 e. The van der Waals surface area contributed by atoms with Gasteiger partial charge < -0.3 is 18.9 Å². The van der Waals surface area contributed by atoms with Gasteiger partial charge in [-0.15, -0.1) is 0 Å². The Labute approximate surface area is 191 Å². The minimum absolute atomic E-state index is 0.685. The highest BCUT2D eigenvalue weighted by Crippen LogP contribution is 2.42. The van der Waals surface area contributed by atoms with Crippen molar-refractivity contribution in [1.29, 1.82) is 0 Å². The Kier molecular flexibility index (Phi) is 5.26. The van der Waals surface area contributed by atoms with Crippen molar-refractivity contribution >= 4 is 21.7 Å². The lowest BCUT2D eigenvalue weighted by Gasteiger charge is -2.12. The molecule has 6 nitrogen and oxygen atoms in total. The summed E-state index contributed by atoms with van der Waals surface area (Å²) in [6.45, 7) is 0. The van der Waals surface area contributed by atoms with Crippen LogP contribution in [0.4, 0.5) is 0 Å². The molecule has 0 saturated heterocycles. The Morgan fingerprint density at radius 1 is 0.606 bits per heavy atom. The molecule has 1 heterocycles. The normalized spacial score (nSPS) is 11.0. The maximum absolute atomic E-state index is 5.71. The molecule has 0 saturated carbocycles. The van der Waals surface area contributed by atoms with E-state index in [0.29, 0.717) is 11.5 Å². The molecule has 0 aliphatic carbocycles. The number of para-hydroxylation sites is 1. The van der Waals surface area contributed by atoms with Gasteiger partial charge in [-0.2, -0.15) is 5.10 Å². The van der Waals surface area contributed by atoms with E-state index in [9.17, 15) is 0 Å². The Balaban J connectivity index is 1.89. The average Bonchev–Trinajstić information content (AvgIpc) is 3.27. The number of benzene rings is 4. The van der Waals surface area contributed by atoms with E-state index in [1.807, 2.05) is 65.3 Å². The largest absolute Gasteiger partial charge is 0.497 e. The van der Waals surface area contributed by atoms with E-state index in [1.54, 1.807) is 28.4 Å². The van der Waals surface area contributed by atoms with Crippen LogP contribution in [-0.4, -0.2) is 38.2 Å². The summed E-state index contributed by atoms with van der Waals surface area (Å²) in [6, 6.07) is 23.9. The summed E-state index contributed by atoms with van der Waals surface area (Å²) in [5, 5.41) is 8.03. The number of rotatable bonds is 6. The van der Waals surface area contributed by atoms with Gasteiger partial charge in [-0.25, -0.2) is 4.68 Å². The molecule has 5 rings (SSSR count). The van der Waals surface area contributed by atoms with Crippen molar-refractivity contribution in [2.75, 3.05) is 28.4 Å². The molecule has 0 amide bonds. The van der Waals surface area contributed by atoms with Gasteiger partial charge in [0.2, 0.25) is 0 Å². The summed E-state index contributed by atoms with van der Waals surface area (Å²) in [5.41, 5.74) is 3.66. The number of methoxy groups -OCH3 is 4. The molecule has 0 bridgehead atoms. The molecule has 0 aliphatic rings. The molecule has 0 atom stereocenters. The monoisotopic (exact) mass is 440 g/mol. The molecular weight excluding hydrogens is 416 g/mol. The maximum atomic E-state index is 5.71. The molecule has 0 radical (unpaired) electrons. The van der Waals surface area contributed by atoms with Crippen LogP contribution < -0.4 is 18.9 Å². The van der Waals surface area contributed by atoms with E-state index < -0.39 is 0 Å². The first-order valence-electron chi connectivity index (χ1n) is 10.5. The van der Waals surface area contributed by atoms with Gasteiger partial charge in [0.1, 0.15) is 17.2 Å². The molecule has 33 heavy (non-hydrogen) atoms. The van der Waals surface area contributed by atoms with Crippen molar-refractivity contribution in [3.63, 3.8) is 0 Å². The molecule has 0 spiro atoms. The fourth-order valence-corrected chi connectivity index (χ4v) is 4.29. The average molecular weight is 440 g/mol. The quantitative estimate of drug-likeness (QED) is 0.330. The summed E-state index contributed by atoms with van der Waals surface area (Å²) < 4.78 is 24.2. The SMILES string of the molecule is COc1ccc(-n2nc(-c3ccccc3OC)c3ccc4c(OC)c(OC)ccc4c32)cc1. The Morgan fingerprint density at radius 2 is 1.30 bits per heavy atom. The lowest BCUT2D eigenvalue weighted by Crippen LogP contribution is -1.98. The number of fused-ring (bicyclic) bond motifs is 3. The maximum Gasteiger partial charge on any atom is 0.168 e. The minimum Gasteiger partial charge on any atom is -0.497 e. The van der Waals surface area contributed by atoms with E-state index in [4.69, 9.17) is 24.0 Å². The molecule has 0 unspecified atom stereocenters.